The highest BCUT2D eigenvalue weighted by molar-refractivity contribution is 7.91. The van der Waals surface area contributed by atoms with Gasteiger partial charge < -0.3 is 4.40 Å². The van der Waals surface area contributed by atoms with Crippen LogP contribution in [0.1, 0.15) is 37.3 Å². The molecule has 3 rings (SSSR count). The van der Waals surface area contributed by atoms with Gasteiger partial charge in [0.05, 0.1) is 22.6 Å². The third-order valence-corrected chi connectivity index (χ3v) is 6.52. The molecule has 2 aromatic rings. The molecule has 0 saturated carbocycles. The van der Waals surface area contributed by atoms with Gasteiger partial charge in [0.15, 0.2) is 9.84 Å². The van der Waals surface area contributed by atoms with Crippen molar-refractivity contribution in [1.82, 2.24) is 9.30 Å². The highest BCUT2D eigenvalue weighted by atomic mass is 32.2. The van der Waals surface area contributed by atoms with Gasteiger partial charge >= 0.3 is 0 Å². The first-order valence-electron chi connectivity index (χ1n) is 8.47. The summed E-state index contributed by atoms with van der Waals surface area (Å²) in [6.45, 7) is 3.63. The zero-order valence-electron chi connectivity index (χ0n) is 14.0. The van der Waals surface area contributed by atoms with Crippen molar-refractivity contribution in [3.05, 3.63) is 41.7 Å². The van der Waals surface area contributed by atoms with Crippen LogP contribution in [-0.4, -0.2) is 41.8 Å². The van der Waals surface area contributed by atoms with E-state index in [0.717, 1.165) is 30.5 Å². The molecule has 0 N–H and O–H groups in total. The molecule has 0 aromatic carbocycles. The summed E-state index contributed by atoms with van der Waals surface area (Å²) >= 11 is 0. The van der Waals surface area contributed by atoms with Gasteiger partial charge in [-0.2, -0.15) is 5.26 Å². The zero-order chi connectivity index (χ0) is 17.2. The normalized spacial score (nSPS) is 19.8. The number of hydrogen-bond donors (Lipinski definition) is 0. The van der Waals surface area contributed by atoms with Crippen LogP contribution in [0.25, 0.3) is 5.52 Å². The Bertz CT molecular complexity index is 864. The van der Waals surface area contributed by atoms with Gasteiger partial charge in [-0.1, -0.05) is 19.4 Å². The molecule has 0 radical (unpaired) electrons. The minimum Gasteiger partial charge on any atom is -0.322 e. The standard InChI is InChI=1S/C18H23N3O2S/c1-2-3-8-20(16-7-10-24(22,23)14-16)12-15-13-21-9-5-4-6-18(21)17(15)11-19/h4-6,9,13,16H,2-3,7-8,10,12,14H2,1H3/t16-/m0/s1. The lowest BCUT2D eigenvalue weighted by atomic mass is 10.1. The van der Waals surface area contributed by atoms with Crippen LogP contribution >= 0.6 is 0 Å². The van der Waals surface area contributed by atoms with E-state index in [1.165, 1.54) is 0 Å². The smallest absolute Gasteiger partial charge is 0.151 e. The summed E-state index contributed by atoms with van der Waals surface area (Å²) < 4.78 is 25.7. The molecule has 5 nitrogen and oxygen atoms in total. The molecule has 1 fully saturated rings. The molecular formula is C18H23N3O2S. The number of aromatic nitrogens is 1. The maximum absolute atomic E-state index is 11.9. The lowest BCUT2D eigenvalue weighted by Gasteiger charge is -2.27. The van der Waals surface area contributed by atoms with Gasteiger partial charge in [0.2, 0.25) is 0 Å². The maximum Gasteiger partial charge on any atom is 0.151 e. The Balaban J connectivity index is 1.89. The van der Waals surface area contributed by atoms with Crippen LogP contribution < -0.4 is 0 Å². The Morgan fingerprint density at radius 2 is 2.25 bits per heavy atom. The third-order valence-electron chi connectivity index (χ3n) is 4.77. The molecule has 0 amide bonds. The van der Waals surface area contributed by atoms with E-state index in [1.807, 2.05) is 35.0 Å². The molecule has 1 saturated heterocycles. The molecule has 2 aromatic heterocycles. The molecule has 0 bridgehead atoms. The minimum atomic E-state index is -2.91. The highest BCUT2D eigenvalue weighted by Crippen LogP contribution is 2.24. The molecular weight excluding hydrogens is 322 g/mol. The molecule has 0 spiro atoms. The Morgan fingerprint density at radius 1 is 1.42 bits per heavy atom. The number of pyridine rings is 1. The second-order valence-electron chi connectivity index (χ2n) is 6.52. The zero-order valence-corrected chi connectivity index (χ0v) is 14.8. The quantitative estimate of drug-likeness (QED) is 0.807. The van der Waals surface area contributed by atoms with Crippen molar-refractivity contribution in [2.24, 2.45) is 0 Å². The average molecular weight is 345 g/mol. The van der Waals surface area contributed by atoms with Crippen LogP contribution in [-0.2, 0) is 16.4 Å². The minimum absolute atomic E-state index is 0.0658. The Hall–Kier alpha value is -1.84. The summed E-state index contributed by atoms with van der Waals surface area (Å²) in [6, 6.07) is 8.20. The van der Waals surface area contributed by atoms with Crippen molar-refractivity contribution in [2.45, 2.75) is 38.8 Å². The molecule has 1 atom stereocenters. The van der Waals surface area contributed by atoms with E-state index < -0.39 is 9.84 Å². The van der Waals surface area contributed by atoms with E-state index in [2.05, 4.69) is 17.9 Å². The van der Waals surface area contributed by atoms with Crippen LogP contribution in [0.4, 0.5) is 0 Å². The topological polar surface area (TPSA) is 65.6 Å². The summed E-state index contributed by atoms with van der Waals surface area (Å²) in [5.74, 6) is 0.523. The van der Waals surface area contributed by atoms with Gasteiger partial charge in [-0.15, -0.1) is 0 Å². The highest BCUT2D eigenvalue weighted by Gasteiger charge is 2.32. The van der Waals surface area contributed by atoms with E-state index in [1.54, 1.807) is 0 Å². The van der Waals surface area contributed by atoms with Crippen LogP contribution in [0.5, 0.6) is 0 Å². The number of nitrogens with zero attached hydrogens (tertiary/aromatic N) is 3. The average Bonchev–Trinajstić information content (AvgIpc) is 3.10. The summed E-state index contributed by atoms with van der Waals surface area (Å²) in [4.78, 5) is 2.25. The fraction of sp³-hybridized carbons (Fsp3) is 0.500. The largest absolute Gasteiger partial charge is 0.322 e. The van der Waals surface area contributed by atoms with Crippen molar-refractivity contribution in [3.63, 3.8) is 0 Å². The van der Waals surface area contributed by atoms with Crippen LogP contribution in [0, 0.1) is 11.3 Å². The fourth-order valence-corrected chi connectivity index (χ4v) is 5.22. The maximum atomic E-state index is 11.9. The Labute approximate surface area is 143 Å². The van der Waals surface area contributed by atoms with E-state index >= 15 is 0 Å². The summed E-state index contributed by atoms with van der Waals surface area (Å²) in [7, 11) is -2.91. The van der Waals surface area contributed by atoms with Gasteiger partial charge in [-0.05, 0) is 31.5 Å². The van der Waals surface area contributed by atoms with Gasteiger partial charge in [-0.3, -0.25) is 4.90 Å². The molecule has 0 aliphatic carbocycles. The fourth-order valence-electron chi connectivity index (χ4n) is 3.46. The summed E-state index contributed by atoms with van der Waals surface area (Å²) in [6.07, 6.45) is 6.73. The number of nitriles is 1. The number of sulfone groups is 1. The van der Waals surface area contributed by atoms with Gasteiger partial charge in [-0.25, -0.2) is 8.42 Å². The number of hydrogen-bond acceptors (Lipinski definition) is 4. The number of fused-ring (bicyclic) bond motifs is 1. The summed E-state index contributed by atoms with van der Waals surface area (Å²) in [5.41, 5.74) is 2.58. The van der Waals surface area contributed by atoms with Crippen molar-refractivity contribution in [2.75, 3.05) is 18.1 Å². The molecule has 3 heterocycles. The van der Waals surface area contributed by atoms with E-state index in [4.69, 9.17) is 0 Å². The van der Waals surface area contributed by atoms with Crippen LogP contribution in [0.2, 0.25) is 0 Å². The second kappa shape index (κ2) is 6.96. The van der Waals surface area contributed by atoms with Gasteiger partial charge in [0.1, 0.15) is 6.07 Å². The first-order chi connectivity index (χ1) is 11.5. The molecule has 1 aliphatic heterocycles. The lowest BCUT2D eigenvalue weighted by Crippen LogP contribution is -2.36. The van der Waals surface area contributed by atoms with Crippen molar-refractivity contribution in [3.8, 4) is 6.07 Å². The van der Waals surface area contributed by atoms with Crippen LogP contribution in [0.15, 0.2) is 30.6 Å². The van der Waals surface area contributed by atoms with E-state index in [-0.39, 0.29) is 17.5 Å². The van der Waals surface area contributed by atoms with Crippen molar-refractivity contribution < 1.29 is 8.42 Å². The monoisotopic (exact) mass is 345 g/mol. The number of rotatable bonds is 6. The Morgan fingerprint density at radius 3 is 2.92 bits per heavy atom. The van der Waals surface area contributed by atoms with Crippen LogP contribution in [0.3, 0.4) is 0 Å². The molecule has 128 valence electrons. The second-order valence-corrected chi connectivity index (χ2v) is 8.74. The van der Waals surface area contributed by atoms with Crippen molar-refractivity contribution in [1.29, 1.82) is 5.26 Å². The van der Waals surface area contributed by atoms with E-state index in [9.17, 15) is 13.7 Å². The third kappa shape index (κ3) is 3.47. The van der Waals surface area contributed by atoms with E-state index in [0.29, 0.717) is 18.5 Å². The first-order valence-corrected chi connectivity index (χ1v) is 10.3. The predicted molar refractivity (Wildman–Crippen MR) is 94.5 cm³/mol. The van der Waals surface area contributed by atoms with Gasteiger partial charge in [0.25, 0.3) is 0 Å². The number of unbranched alkanes of at least 4 members (excludes halogenated alkanes) is 1. The Kier molecular flexibility index (Phi) is 4.93. The SMILES string of the molecule is CCCCN(Cc1cn2ccccc2c1C#N)[C@H]1CCS(=O)(=O)C1. The molecule has 0 unspecified atom stereocenters. The molecule has 1 aliphatic rings. The first kappa shape index (κ1) is 17.0. The molecule has 6 heteroatoms. The predicted octanol–water partition coefficient (Wildman–Crippen LogP) is 2.60. The van der Waals surface area contributed by atoms with Crippen molar-refractivity contribution >= 4 is 15.4 Å². The summed E-state index contributed by atoms with van der Waals surface area (Å²) in [5, 5.41) is 9.56. The van der Waals surface area contributed by atoms with Gasteiger partial charge in [0, 0.05) is 30.5 Å². The lowest BCUT2D eigenvalue weighted by molar-refractivity contribution is 0.200. The molecule has 24 heavy (non-hydrogen) atoms.